The van der Waals surface area contributed by atoms with Crippen LogP contribution in [0.1, 0.15) is 11.7 Å². The van der Waals surface area contributed by atoms with E-state index in [-0.39, 0.29) is 0 Å². The molecule has 0 spiro atoms. The Bertz CT molecular complexity index is 486. The first kappa shape index (κ1) is 9.73. The van der Waals surface area contributed by atoms with Gasteiger partial charge in [0.15, 0.2) is 6.10 Å². The van der Waals surface area contributed by atoms with Crippen molar-refractivity contribution >= 4 is 16.9 Å². The molecule has 0 bridgehead atoms. The molecule has 1 unspecified atom stereocenters. The van der Waals surface area contributed by atoms with E-state index in [0.717, 1.165) is 5.39 Å². The lowest BCUT2D eigenvalue weighted by Gasteiger charge is -2.08. The maximum atomic E-state index is 11.2. The van der Waals surface area contributed by atoms with E-state index >= 15 is 0 Å². The number of ether oxygens (including phenoxy) is 1. The summed E-state index contributed by atoms with van der Waals surface area (Å²) in [7, 11) is 1.23. The molecule has 0 saturated carbocycles. The van der Waals surface area contributed by atoms with Gasteiger partial charge in [0.2, 0.25) is 0 Å². The molecule has 1 aromatic carbocycles. The lowest BCUT2D eigenvalue weighted by atomic mass is 10.1. The Labute approximate surface area is 86.1 Å². The standard InChI is InChI=1S/C11H10O4/c1-14-11(13)9(12)8-4-2-3-7-5-6-15-10(7)8/h2-6,9,12H,1H3. The summed E-state index contributed by atoms with van der Waals surface area (Å²) in [6, 6.07) is 6.99. The van der Waals surface area contributed by atoms with Gasteiger partial charge in [0.1, 0.15) is 5.58 Å². The highest BCUT2D eigenvalue weighted by atomic mass is 16.5. The van der Waals surface area contributed by atoms with Crippen LogP contribution in [0.25, 0.3) is 11.0 Å². The summed E-state index contributed by atoms with van der Waals surface area (Å²) in [4.78, 5) is 11.2. The molecule has 4 nitrogen and oxygen atoms in total. The number of esters is 1. The molecule has 1 N–H and O–H groups in total. The van der Waals surface area contributed by atoms with Crippen LogP contribution in [-0.2, 0) is 9.53 Å². The highest BCUT2D eigenvalue weighted by Gasteiger charge is 2.21. The fourth-order valence-corrected chi connectivity index (χ4v) is 1.47. The number of hydrogen-bond donors (Lipinski definition) is 1. The average Bonchev–Trinajstić information content (AvgIpc) is 2.74. The number of hydrogen-bond acceptors (Lipinski definition) is 4. The van der Waals surface area contributed by atoms with E-state index in [1.807, 2.05) is 6.07 Å². The summed E-state index contributed by atoms with van der Waals surface area (Å²) in [5.41, 5.74) is 0.930. The molecule has 0 radical (unpaired) electrons. The van der Waals surface area contributed by atoms with E-state index in [1.165, 1.54) is 13.4 Å². The van der Waals surface area contributed by atoms with Gasteiger partial charge in [-0.25, -0.2) is 4.79 Å². The van der Waals surface area contributed by atoms with Gasteiger partial charge >= 0.3 is 5.97 Å². The summed E-state index contributed by atoms with van der Waals surface area (Å²) in [6.45, 7) is 0. The maximum Gasteiger partial charge on any atom is 0.339 e. The van der Waals surface area contributed by atoms with Crippen molar-refractivity contribution in [3.8, 4) is 0 Å². The first-order chi connectivity index (χ1) is 7.24. The molecule has 1 heterocycles. The molecule has 78 valence electrons. The molecule has 0 saturated heterocycles. The third kappa shape index (κ3) is 1.59. The summed E-state index contributed by atoms with van der Waals surface area (Å²) in [5.74, 6) is -0.695. The number of para-hydroxylation sites is 1. The Hall–Kier alpha value is -1.81. The van der Waals surface area contributed by atoms with Gasteiger partial charge in [-0.3, -0.25) is 0 Å². The second-order valence-corrected chi connectivity index (χ2v) is 3.11. The molecule has 0 fully saturated rings. The summed E-state index contributed by atoms with van der Waals surface area (Å²) in [6.07, 6.45) is 0.211. The fourth-order valence-electron chi connectivity index (χ4n) is 1.47. The second-order valence-electron chi connectivity index (χ2n) is 3.11. The van der Waals surface area contributed by atoms with Crippen LogP contribution in [-0.4, -0.2) is 18.2 Å². The van der Waals surface area contributed by atoms with Gasteiger partial charge in [0, 0.05) is 10.9 Å². The van der Waals surface area contributed by atoms with Gasteiger partial charge in [-0.2, -0.15) is 0 Å². The Morgan fingerprint density at radius 3 is 3.00 bits per heavy atom. The number of fused-ring (bicyclic) bond motifs is 1. The minimum absolute atomic E-state index is 0.421. The Kier molecular flexibility index (Phi) is 2.43. The first-order valence-electron chi connectivity index (χ1n) is 4.46. The summed E-state index contributed by atoms with van der Waals surface area (Å²) < 4.78 is 9.66. The van der Waals surface area contributed by atoms with Gasteiger partial charge < -0.3 is 14.3 Å². The quantitative estimate of drug-likeness (QED) is 0.759. The van der Waals surface area contributed by atoms with Crippen LogP contribution in [0.3, 0.4) is 0 Å². The molecule has 15 heavy (non-hydrogen) atoms. The van der Waals surface area contributed by atoms with Crippen LogP contribution in [0.5, 0.6) is 0 Å². The molecule has 2 aromatic rings. The zero-order chi connectivity index (χ0) is 10.8. The minimum Gasteiger partial charge on any atom is -0.467 e. The van der Waals surface area contributed by atoms with Crippen molar-refractivity contribution in [1.29, 1.82) is 0 Å². The average molecular weight is 206 g/mol. The predicted octanol–water partition coefficient (Wildman–Crippen LogP) is 1.64. The second kappa shape index (κ2) is 3.74. The van der Waals surface area contributed by atoms with Crippen LogP contribution < -0.4 is 0 Å². The highest BCUT2D eigenvalue weighted by Crippen LogP contribution is 2.25. The molecular weight excluding hydrogens is 196 g/mol. The van der Waals surface area contributed by atoms with Gasteiger partial charge in [-0.1, -0.05) is 18.2 Å². The monoisotopic (exact) mass is 206 g/mol. The van der Waals surface area contributed by atoms with Crippen LogP contribution in [0.2, 0.25) is 0 Å². The zero-order valence-corrected chi connectivity index (χ0v) is 8.14. The van der Waals surface area contributed by atoms with Crippen molar-refractivity contribution in [2.75, 3.05) is 7.11 Å². The Morgan fingerprint density at radius 1 is 1.47 bits per heavy atom. The largest absolute Gasteiger partial charge is 0.467 e. The molecule has 0 aliphatic heterocycles. The smallest absolute Gasteiger partial charge is 0.339 e. The first-order valence-corrected chi connectivity index (χ1v) is 4.46. The topological polar surface area (TPSA) is 59.7 Å². The number of benzene rings is 1. The van der Waals surface area contributed by atoms with Crippen LogP contribution in [0.15, 0.2) is 34.9 Å². The molecule has 0 amide bonds. The minimum atomic E-state index is -1.30. The lowest BCUT2D eigenvalue weighted by Crippen LogP contribution is -2.13. The third-order valence-electron chi connectivity index (χ3n) is 2.23. The third-order valence-corrected chi connectivity index (χ3v) is 2.23. The Balaban J connectivity index is 2.51. The number of carbonyl (C=O) groups excluding carboxylic acids is 1. The van der Waals surface area contributed by atoms with Gasteiger partial charge in [0.05, 0.1) is 13.4 Å². The maximum absolute atomic E-state index is 11.2. The molecule has 2 rings (SSSR count). The number of furan rings is 1. The number of aliphatic hydroxyl groups excluding tert-OH is 1. The normalized spacial score (nSPS) is 12.7. The van der Waals surface area contributed by atoms with Crippen molar-refractivity contribution in [3.05, 3.63) is 36.1 Å². The SMILES string of the molecule is COC(=O)C(O)c1cccc2ccoc12. The van der Waals surface area contributed by atoms with Gasteiger partial charge in [-0.15, -0.1) is 0 Å². The van der Waals surface area contributed by atoms with Crippen molar-refractivity contribution in [2.24, 2.45) is 0 Å². The molecule has 0 aliphatic carbocycles. The van der Waals surface area contributed by atoms with Crippen LogP contribution >= 0.6 is 0 Å². The van der Waals surface area contributed by atoms with E-state index in [4.69, 9.17) is 4.42 Å². The number of methoxy groups -OCH3 is 1. The molecule has 0 aliphatic rings. The van der Waals surface area contributed by atoms with Crippen molar-refractivity contribution in [1.82, 2.24) is 0 Å². The predicted molar refractivity (Wildman–Crippen MR) is 53.2 cm³/mol. The summed E-state index contributed by atoms with van der Waals surface area (Å²) >= 11 is 0. The highest BCUT2D eigenvalue weighted by molar-refractivity contribution is 5.86. The molecular formula is C11H10O4. The van der Waals surface area contributed by atoms with Gasteiger partial charge in [0.25, 0.3) is 0 Å². The number of rotatable bonds is 2. The van der Waals surface area contributed by atoms with Crippen molar-refractivity contribution in [2.45, 2.75) is 6.10 Å². The number of carbonyl (C=O) groups is 1. The summed E-state index contributed by atoms with van der Waals surface area (Å²) in [5, 5.41) is 10.5. The fraction of sp³-hybridized carbons (Fsp3) is 0.182. The van der Waals surface area contributed by atoms with E-state index in [2.05, 4.69) is 4.74 Å². The van der Waals surface area contributed by atoms with Crippen LogP contribution in [0.4, 0.5) is 0 Å². The van der Waals surface area contributed by atoms with E-state index in [1.54, 1.807) is 18.2 Å². The molecule has 4 heteroatoms. The molecule has 1 aromatic heterocycles. The van der Waals surface area contributed by atoms with Gasteiger partial charge in [-0.05, 0) is 6.07 Å². The van der Waals surface area contributed by atoms with E-state index in [0.29, 0.717) is 11.1 Å². The Morgan fingerprint density at radius 2 is 2.27 bits per heavy atom. The lowest BCUT2D eigenvalue weighted by molar-refractivity contribution is -0.150. The van der Waals surface area contributed by atoms with Crippen molar-refractivity contribution < 1.29 is 19.1 Å². The molecule has 1 atom stereocenters. The number of aliphatic hydroxyl groups is 1. The van der Waals surface area contributed by atoms with Crippen molar-refractivity contribution in [3.63, 3.8) is 0 Å². The van der Waals surface area contributed by atoms with E-state index in [9.17, 15) is 9.90 Å². The van der Waals surface area contributed by atoms with E-state index < -0.39 is 12.1 Å². The zero-order valence-electron chi connectivity index (χ0n) is 8.14. The van der Waals surface area contributed by atoms with Crippen LogP contribution in [0, 0.1) is 0 Å².